The number of piperidine rings is 1. The van der Waals surface area contributed by atoms with Crippen LogP contribution in [0.5, 0.6) is 0 Å². The Hall–Kier alpha value is -2.42. The first-order valence-corrected chi connectivity index (χ1v) is 12.9. The average molecular weight is 490 g/mol. The molecule has 2 aliphatic rings. The van der Waals surface area contributed by atoms with E-state index in [9.17, 15) is 18.0 Å². The van der Waals surface area contributed by atoms with Crippen LogP contribution < -0.4 is 10.2 Å². The SMILES string of the molecule is Cc1ccc(Cl)cc1NC(=O)CN1C(=O)C(C)(C)c2cc(S(=O)(=O)N3CCCCC3)ccc21. The van der Waals surface area contributed by atoms with Gasteiger partial charge in [0.15, 0.2) is 0 Å². The number of sulfonamides is 1. The van der Waals surface area contributed by atoms with Crippen molar-refractivity contribution in [1.29, 1.82) is 0 Å². The van der Waals surface area contributed by atoms with Crippen LogP contribution in [0.15, 0.2) is 41.3 Å². The maximum absolute atomic E-state index is 13.2. The molecule has 0 aliphatic carbocycles. The van der Waals surface area contributed by atoms with Crippen molar-refractivity contribution in [1.82, 2.24) is 4.31 Å². The Bertz CT molecular complexity index is 1220. The van der Waals surface area contributed by atoms with Gasteiger partial charge in [0.05, 0.1) is 10.3 Å². The van der Waals surface area contributed by atoms with Gasteiger partial charge in [0, 0.05) is 29.5 Å². The number of aryl methyl sites for hydroxylation is 1. The van der Waals surface area contributed by atoms with E-state index in [1.165, 1.54) is 15.3 Å². The number of anilines is 2. The number of nitrogens with zero attached hydrogens (tertiary/aromatic N) is 2. The molecule has 176 valence electrons. The normalized spacial score (nSPS) is 18.3. The monoisotopic (exact) mass is 489 g/mol. The fourth-order valence-corrected chi connectivity index (χ4v) is 6.16. The van der Waals surface area contributed by atoms with E-state index in [4.69, 9.17) is 11.6 Å². The van der Waals surface area contributed by atoms with Crippen molar-refractivity contribution in [3.05, 3.63) is 52.5 Å². The topological polar surface area (TPSA) is 86.8 Å². The lowest BCUT2D eigenvalue weighted by molar-refractivity contribution is -0.124. The summed E-state index contributed by atoms with van der Waals surface area (Å²) in [7, 11) is -3.63. The third-order valence-electron chi connectivity index (χ3n) is 6.44. The van der Waals surface area contributed by atoms with Crippen molar-refractivity contribution >= 4 is 44.8 Å². The molecule has 0 atom stereocenters. The van der Waals surface area contributed by atoms with Crippen LogP contribution >= 0.6 is 11.6 Å². The molecule has 0 unspecified atom stereocenters. The molecule has 4 rings (SSSR count). The number of hydrogen-bond acceptors (Lipinski definition) is 4. The highest BCUT2D eigenvalue weighted by Gasteiger charge is 2.45. The van der Waals surface area contributed by atoms with Crippen molar-refractivity contribution in [2.75, 3.05) is 29.9 Å². The van der Waals surface area contributed by atoms with Gasteiger partial charge in [-0.3, -0.25) is 9.59 Å². The molecule has 2 aromatic rings. The number of hydrogen-bond donors (Lipinski definition) is 1. The lowest BCUT2D eigenvalue weighted by atomic mass is 9.86. The summed E-state index contributed by atoms with van der Waals surface area (Å²) in [5.41, 5.74) is 1.66. The fourth-order valence-electron chi connectivity index (χ4n) is 4.45. The zero-order valence-electron chi connectivity index (χ0n) is 19.0. The van der Waals surface area contributed by atoms with Crippen LogP contribution in [0.4, 0.5) is 11.4 Å². The summed E-state index contributed by atoms with van der Waals surface area (Å²) in [6, 6.07) is 9.97. The Morgan fingerprint density at radius 3 is 2.48 bits per heavy atom. The van der Waals surface area contributed by atoms with E-state index in [0.717, 1.165) is 24.8 Å². The summed E-state index contributed by atoms with van der Waals surface area (Å²) in [5.74, 6) is -0.606. The Kier molecular flexibility index (Phi) is 6.28. The Labute approximate surface area is 199 Å². The zero-order valence-corrected chi connectivity index (χ0v) is 20.6. The number of rotatable bonds is 5. The van der Waals surface area contributed by atoms with Gasteiger partial charge in [-0.15, -0.1) is 0 Å². The van der Waals surface area contributed by atoms with Crippen molar-refractivity contribution in [3.63, 3.8) is 0 Å². The molecule has 1 saturated heterocycles. The second kappa shape index (κ2) is 8.74. The molecule has 0 saturated carbocycles. The predicted octanol–water partition coefficient (Wildman–Crippen LogP) is 4.09. The van der Waals surface area contributed by atoms with Crippen molar-refractivity contribution in [2.24, 2.45) is 0 Å². The van der Waals surface area contributed by atoms with Gasteiger partial charge in [-0.1, -0.05) is 24.1 Å². The van der Waals surface area contributed by atoms with Gasteiger partial charge in [0.25, 0.3) is 0 Å². The van der Waals surface area contributed by atoms with E-state index >= 15 is 0 Å². The minimum absolute atomic E-state index is 0.181. The molecule has 2 amide bonds. The molecule has 2 heterocycles. The van der Waals surface area contributed by atoms with Crippen LogP contribution in [-0.2, 0) is 25.0 Å². The molecular weight excluding hydrogens is 462 g/mol. The summed E-state index contributed by atoms with van der Waals surface area (Å²) in [6.07, 6.45) is 2.73. The molecule has 7 nitrogen and oxygen atoms in total. The van der Waals surface area contributed by atoms with Crippen LogP contribution in [0.3, 0.4) is 0 Å². The minimum atomic E-state index is -3.63. The smallest absolute Gasteiger partial charge is 0.244 e. The van der Waals surface area contributed by atoms with Crippen LogP contribution in [0.2, 0.25) is 5.02 Å². The number of carbonyl (C=O) groups excluding carboxylic acids is 2. The minimum Gasteiger partial charge on any atom is -0.324 e. The van der Waals surface area contributed by atoms with E-state index in [1.807, 2.05) is 13.0 Å². The molecule has 33 heavy (non-hydrogen) atoms. The molecule has 0 aromatic heterocycles. The van der Waals surface area contributed by atoms with Gasteiger partial charge >= 0.3 is 0 Å². The number of amides is 2. The summed E-state index contributed by atoms with van der Waals surface area (Å²) in [5, 5.41) is 3.32. The molecular formula is C24H28ClN3O4S. The van der Waals surface area contributed by atoms with E-state index in [0.29, 0.717) is 35.1 Å². The third-order valence-corrected chi connectivity index (χ3v) is 8.57. The van der Waals surface area contributed by atoms with Crippen LogP contribution in [-0.4, -0.2) is 44.2 Å². The van der Waals surface area contributed by atoms with Crippen molar-refractivity contribution < 1.29 is 18.0 Å². The highest BCUT2D eigenvalue weighted by molar-refractivity contribution is 7.89. The van der Waals surface area contributed by atoms with E-state index in [2.05, 4.69) is 5.32 Å². The van der Waals surface area contributed by atoms with Crippen LogP contribution in [0, 0.1) is 6.92 Å². The molecule has 2 aliphatic heterocycles. The number of halogens is 1. The average Bonchev–Trinajstić information content (AvgIpc) is 2.97. The first kappa shape index (κ1) is 23.7. The van der Waals surface area contributed by atoms with Gasteiger partial charge in [-0.05, 0) is 75.1 Å². The fraction of sp³-hybridized carbons (Fsp3) is 0.417. The zero-order chi connectivity index (χ0) is 24.0. The van der Waals surface area contributed by atoms with Crippen molar-refractivity contribution in [2.45, 2.75) is 50.3 Å². The lowest BCUT2D eigenvalue weighted by Gasteiger charge is -2.26. The molecule has 1 N–H and O–H groups in total. The Morgan fingerprint density at radius 2 is 1.79 bits per heavy atom. The second-order valence-corrected chi connectivity index (χ2v) is 11.5. The standard InChI is InChI=1S/C24H28ClN3O4S/c1-16-7-8-17(25)13-20(16)26-22(29)15-28-21-10-9-18(14-19(21)24(2,3)23(28)30)33(31,32)27-11-5-4-6-12-27/h7-10,13-14H,4-6,11-12,15H2,1-3H3,(H,26,29). The molecule has 2 aromatic carbocycles. The second-order valence-electron chi connectivity index (χ2n) is 9.17. The highest BCUT2D eigenvalue weighted by atomic mass is 35.5. The number of nitrogens with one attached hydrogen (secondary N) is 1. The summed E-state index contributed by atoms with van der Waals surface area (Å²) >= 11 is 6.04. The number of benzene rings is 2. The predicted molar refractivity (Wildman–Crippen MR) is 129 cm³/mol. The first-order valence-electron chi connectivity index (χ1n) is 11.0. The molecule has 9 heteroatoms. The Morgan fingerprint density at radius 1 is 1.09 bits per heavy atom. The number of fused-ring (bicyclic) bond motifs is 1. The van der Waals surface area contributed by atoms with Crippen molar-refractivity contribution in [3.8, 4) is 0 Å². The summed E-state index contributed by atoms with van der Waals surface area (Å²) in [4.78, 5) is 27.6. The largest absolute Gasteiger partial charge is 0.324 e. The quantitative estimate of drug-likeness (QED) is 0.685. The van der Waals surface area contributed by atoms with Gasteiger partial charge < -0.3 is 10.2 Å². The van der Waals surface area contributed by atoms with Gasteiger partial charge in [-0.25, -0.2) is 8.42 Å². The van der Waals surface area contributed by atoms with E-state index < -0.39 is 15.4 Å². The maximum Gasteiger partial charge on any atom is 0.244 e. The molecule has 0 spiro atoms. The van der Waals surface area contributed by atoms with Gasteiger partial charge in [0.2, 0.25) is 21.8 Å². The van der Waals surface area contributed by atoms with Crippen LogP contribution in [0.25, 0.3) is 0 Å². The van der Waals surface area contributed by atoms with Crippen LogP contribution in [0.1, 0.15) is 44.2 Å². The molecule has 1 fully saturated rings. The third kappa shape index (κ3) is 4.39. The van der Waals surface area contributed by atoms with Gasteiger partial charge in [0.1, 0.15) is 6.54 Å². The molecule has 0 radical (unpaired) electrons. The Balaban J connectivity index is 1.61. The van der Waals surface area contributed by atoms with E-state index in [1.54, 1.807) is 38.1 Å². The number of carbonyl (C=O) groups is 2. The van der Waals surface area contributed by atoms with Gasteiger partial charge in [-0.2, -0.15) is 4.31 Å². The van der Waals surface area contributed by atoms with E-state index in [-0.39, 0.29) is 23.3 Å². The molecule has 0 bridgehead atoms. The summed E-state index contributed by atoms with van der Waals surface area (Å²) < 4.78 is 27.8. The highest BCUT2D eigenvalue weighted by Crippen LogP contribution is 2.43. The lowest BCUT2D eigenvalue weighted by Crippen LogP contribution is -2.40. The first-order chi connectivity index (χ1) is 15.5. The summed E-state index contributed by atoms with van der Waals surface area (Å²) in [6.45, 7) is 6.21. The maximum atomic E-state index is 13.2.